The molecular formula is C110H162N8O14. The Bertz CT molecular complexity index is 4550. The minimum absolute atomic E-state index is 0.0497. The van der Waals surface area contributed by atoms with E-state index in [1.165, 1.54) is 16.7 Å². The quantitative estimate of drug-likeness (QED) is 0.0108. The number of fused-ring (bicyclic) bond motifs is 10. The number of aliphatic hydroxyl groups is 8. The van der Waals surface area contributed by atoms with Crippen LogP contribution in [0, 0.1) is 0 Å². The number of aliphatic hydroxyl groups excluding tert-OH is 4. The van der Waals surface area contributed by atoms with E-state index in [0.717, 1.165) is 355 Å². The summed E-state index contributed by atoms with van der Waals surface area (Å²) in [6.45, 7) is 9.72. The molecule has 3 aromatic rings. The fourth-order valence-electron chi connectivity index (χ4n) is 19.9. The van der Waals surface area contributed by atoms with Crippen LogP contribution in [0.2, 0.25) is 0 Å². The number of nitrogens with one attached hydrogen (secondary N) is 3. The van der Waals surface area contributed by atoms with E-state index in [9.17, 15) is 55.2 Å². The molecule has 9 heterocycles. The molecule has 0 amide bonds. The summed E-state index contributed by atoms with van der Waals surface area (Å²) in [5.41, 5.74) is 27.2. The average molecular weight is 1820 g/mol. The van der Waals surface area contributed by atoms with E-state index in [-0.39, 0.29) is 61.2 Å². The van der Waals surface area contributed by atoms with E-state index >= 15 is 0 Å². The molecule has 2 aromatic heterocycles. The second-order valence-corrected chi connectivity index (χ2v) is 38.0. The number of aromatic nitrogens is 2. The summed E-state index contributed by atoms with van der Waals surface area (Å²) in [6.07, 6.45) is 65.7. The number of allylic oxidation sites excluding steroid dienone is 10. The normalized spacial score (nSPS) is 20.4. The maximum Gasteiger partial charge on any atom is 0.310 e. The third-order valence-corrected chi connectivity index (χ3v) is 27.3. The zero-order valence-corrected chi connectivity index (χ0v) is 80.4. The van der Waals surface area contributed by atoms with Crippen LogP contribution in [-0.4, -0.2) is 161 Å². The molecule has 10 rings (SSSR count). The van der Waals surface area contributed by atoms with Crippen molar-refractivity contribution in [3.8, 4) is 0 Å². The maximum atomic E-state index is 14.6. The van der Waals surface area contributed by atoms with Gasteiger partial charge >= 0.3 is 17.9 Å². The predicted octanol–water partition coefficient (Wildman–Crippen LogP) is 20.9. The molecule has 0 fully saturated rings. The molecular weight excluding hydrogens is 1660 g/mol. The first-order chi connectivity index (χ1) is 64.3. The molecule has 6 unspecified atom stereocenters. The molecule has 22 nitrogen and oxygen atoms in total. The number of aliphatic imine (C=N–C) groups is 4. The number of nitrogens with zero attached hydrogens (tertiary/aromatic N) is 4. The summed E-state index contributed by atoms with van der Waals surface area (Å²) in [5.74, 6) is -1.85. The highest BCUT2D eigenvalue weighted by Gasteiger charge is 2.37. The van der Waals surface area contributed by atoms with E-state index in [2.05, 4.69) is 122 Å². The number of ether oxygens (including phenoxy) is 3. The number of aromatic amines is 2. The third kappa shape index (κ3) is 35.4. The predicted molar refractivity (Wildman–Crippen MR) is 533 cm³/mol. The number of benzene rings is 1. The largest absolute Gasteiger partial charge is 0.465 e. The van der Waals surface area contributed by atoms with Crippen molar-refractivity contribution < 1.29 is 69.4 Å². The number of esters is 3. The first-order valence-electron chi connectivity index (χ1n) is 51.6. The van der Waals surface area contributed by atoms with Crippen LogP contribution in [0.25, 0.3) is 12.2 Å². The van der Waals surface area contributed by atoms with Crippen LogP contribution < -0.4 is 11.1 Å². The van der Waals surface area contributed by atoms with Gasteiger partial charge in [0.2, 0.25) is 0 Å². The molecule has 14 bridgehead atoms. The van der Waals surface area contributed by atoms with Crippen molar-refractivity contribution in [3.63, 3.8) is 0 Å². The number of hydrogen-bond donors (Lipinski definition) is 12. The topological polar surface area (TPSA) is 360 Å². The zero-order valence-electron chi connectivity index (χ0n) is 80.4. The van der Waals surface area contributed by atoms with Crippen LogP contribution in [0.5, 0.6) is 0 Å². The summed E-state index contributed by atoms with van der Waals surface area (Å²) in [5, 5.41) is 80.7. The lowest BCUT2D eigenvalue weighted by atomic mass is 9.82. The molecule has 7 aliphatic rings. The summed E-state index contributed by atoms with van der Waals surface area (Å²) < 4.78 is 18.3. The van der Waals surface area contributed by atoms with Gasteiger partial charge in [-0.1, -0.05) is 249 Å². The Hall–Kier alpha value is -8.29. The summed E-state index contributed by atoms with van der Waals surface area (Å²) in [4.78, 5) is 73.8. The number of rotatable bonds is 62. The maximum absolute atomic E-state index is 14.6. The van der Waals surface area contributed by atoms with Gasteiger partial charge in [0.25, 0.3) is 0 Å². The minimum Gasteiger partial charge on any atom is -0.465 e. The smallest absolute Gasteiger partial charge is 0.310 e. The molecule has 0 saturated carbocycles. The first kappa shape index (κ1) is 106. The van der Waals surface area contributed by atoms with Gasteiger partial charge in [0, 0.05) is 53.3 Å². The lowest BCUT2D eigenvalue weighted by Crippen LogP contribution is -2.34. The van der Waals surface area contributed by atoms with Gasteiger partial charge in [-0.25, -0.2) is 0 Å². The molecule has 22 heteroatoms. The SMILES string of the molecule is CCCCCCCOC(=O)CC1=C(CCCCCCCCC(O)O)C2Cc3[nH]c(c(CCCCCCCCC(O)O)c3CCCCCCCCC(O)O)/C=C3/C=CC(=N3)C(c3cccc(C4C5=N/C(=C\c6[nH]c(c(CC(=O)OCCCCCCC)c6CC(=O)OCCCCCCC)CC6N=C(/C=C/C=C\C4N)C(CCCCCCCCC(O)O)=C6C)C=C5)c3)C3C=C/C(=C/C1=N2)N3. The number of H-pyrrole nitrogens is 2. The molecule has 1 aromatic carbocycles. The van der Waals surface area contributed by atoms with Crippen molar-refractivity contribution in [2.75, 3.05) is 19.8 Å². The van der Waals surface area contributed by atoms with Crippen molar-refractivity contribution in [1.29, 1.82) is 0 Å². The van der Waals surface area contributed by atoms with E-state index in [4.69, 9.17) is 39.9 Å². The van der Waals surface area contributed by atoms with E-state index in [1.54, 1.807) is 0 Å². The van der Waals surface area contributed by atoms with Gasteiger partial charge in [0.05, 0.1) is 97.4 Å². The molecule has 6 atom stereocenters. The van der Waals surface area contributed by atoms with E-state index in [1.807, 2.05) is 24.3 Å². The summed E-state index contributed by atoms with van der Waals surface area (Å²) >= 11 is 0. The Morgan fingerprint density at radius 2 is 0.841 bits per heavy atom. The third-order valence-electron chi connectivity index (χ3n) is 27.3. The van der Waals surface area contributed by atoms with Gasteiger partial charge in [0.1, 0.15) is 0 Å². The second-order valence-electron chi connectivity index (χ2n) is 38.0. The highest BCUT2D eigenvalue weighted by molar-refractivity contribution is 6.14. The van der Waals surface area contributed by atoms with Crippen LogP contribution >= 0.6 is 0 Å². The highest BCUT2D eigenvalue weighted by atomic mass is 16.5. The Morgan fingerprint density at radius 1 is 0.417 bits per heavy atom. The molecule has 0 aliphatic carbocycles. The molecule has 0 spiro atoms. The monoisotopic (exact) mass is 1820 g/mol. The Balaban J connectivity index is 1.07. The molecule has 7 aliphatic heterocycles. The van der Waals surface area contributed by atoms with Gasteiger partial charge in [-0.2, -0.15) is 0 Å². The standard InChI is InChI=1S/C110H162N8O14/c1-5-8-11-30-43-65-130-106(127)72-87-86(52-36-25-17-21-29-40-58-105(125)126)100-76-99-85(51-35-24-16-20-28-39-57-104(123)124)84(50-34-23-15-19-27-38-56-103(121)122)96(116-99)69-80-60-63-93(113-80)110(94-64-61-82(114-94)70-97(87)117-100)79-48-46-47-78(68-79)109-90(111)53-41-42-54-91-83(49-33-22-14-18-26-37-55-102(119)120)77(4)95(115-91)75-101-89(74-108(129)132-67-45-32-13-10-7-3)88(73-107(128)131-66-44-31-12-9-6-2)98(118-101)71-81-59-62-92(109)112-81/h41-42,46-48,53-54,59-64,68-71,90,94-95,100,102-105,109-110,114,116,118-126H,5-40,43-45,49-52,55-58,65-67,72-76,111H2,1-4H3/b53-41-,54-42+,80-69-,81-71-,82-70-. The zero-order chi connectivity index (χ0) is 93.6. The molecule has 13 N–H and O–H groups in total. The second kappa shape index (κ2) is 58.9. The van der Waals surface area contributed by atoms with Gasteiger partial charge in [0.15, 0.2) is 25.2 Å². The molecule has 726 valence electrons. The van der Waals surface area contributed by atoms with Crippen molar-refractivity contribution in [3.05, 3.63) is 187 Å². The van der Waals surface area contributed by atoms with Crippen LogP contribution in [-0.2, 0) is 67.1 Å². The molecule has 0 radical (unpaired) electrons. The molecule has 132 heavy (non-hydrogen) atoms. The highest BCUT2D eigenvalue weighted by Crippen LogP contribution is 2.41. The van der Waals surface area contributed by atoms with Crippen LogP contribution in [0.4, 0.5) is 0 Å². The Labute approximate surface area is 788 Å². The minimum atomic E-state index is -1.30. The van der Waals surface area contributed by atoms with Crippen LogP contribution in [0.15, 0.2) is 150 Å². The fourth-order valence-corrected chi connectivity index (χ4v) is 19.9. The van der Waals surface area contributed by atoms with Crippen molar-refractivity contribution >= 4 is 52.9 Å². The average Bonchev–Trinajstić information content (AvgIpc) is 1.60. The number of nitrogens with two attached hydrogens (primary N) is 1. The van der Waals surface area contributed by atoms with Crippen molar-refractivity contribution in [2.24, 2.45) is 25.7 Å². The number of unbranched alkanes of at least 4 members (excludes halogenated alkanes) is 32. The van der Waals surface area contributed by atoms with Crippen LogP contribution in [0.1, 0.15) is 391 Å². The first-order valence-corrected chi connectivity index (χ1v) is 51.6. The summed E-state index contributed by atoms with van der Waals surface area (Å²) in [6, 6.07) is 7.22. The fraction of sp³-hybridized carbons (Fsp3) is 0.627. The van der Waals surface area contributed by atoms with Gasteiger partial charge < -0.3 is 76.1 Å². The molecule has 0 saturated heterocycles. The van der Waals surface area contributed by atoms with Gasteiger partial charge in [-0.3, -0.25) is 34.4 Å². The Kier molecular flexibility index (Phi) is 47.2. The van der Waals surface area contributed by atoms with Crippen molar-refractivity contribution in [2.45, 2.75) is 423 Å². The van der Waals surface area contributed by atoms with E-state index in [0.29, 0.717) is 80.9 Å². The van der Waals surface area contributed by atoms with E-state index < -0.39 is 37.1 Å². The lowest BCUT2D eigenvalue weighted by Gasteiger charge is -2.27. The lowest BCUT2D eigenvalue weighted by molar-refractivity contribution is -0.144. The number of hydrogen-bond acceptors (Lipinski definition) is 20. The van der Waals surface area contributed by atoms with Crippen LogP contribution in [0.3, 0.4) is 0 Å². The van der Waals surface area contributed by atoms with Gasteiger partial charge in [-0.05, 0) is 239 Å². The number of carbonyl (C=O) groups excluding carboxylic acids is 3. The number of carbonyl (C=O) groups is 3. The summed E-state index contributed by atoms with van der Waals surface area (Å²) in [7, 11) is 0. The Morgan fingerprint density at radius 3 is 1.36 bits per heavy atom. The van der Waals surface area contributed by atoms with Crippen molar-refractivity contribution in [1.82, 2.24) is 15.3 Å². The van der Waals surface area contributed by atoms with Gasteiger partial charge in [-0.15, -0.1) is 0 Å².